The van der Waals surface area contributed by atoms with Gasteiger partial charge in [0.25, 0.3) is 16.3 Å². The van der Waals surface area contributed by atoms with Gasteiger partial charge in [-0.15, -0.1) is 0 Å². The summed E-state index contributed by atoms with van der Waals surface area (Å²) in [5, 5.41) is 12.4. The van der Waals surface area contributed by atoms with E-state index >= 15 is 0 Å². The second kappa shape index (κ2) is 13.3. The first kappa shape index (κ1) is 32.2. The molecular weight excluding hydrogens is 609 g/mol. The van der Waals surface area contributed by atoms with Gasteiger partial charge in [0.2, 0.25) is 0 Å². The van der Waals surface area contributed by atoms with Gasteiger partial charge < -0.3 is 14.3 Å². The fourth-order valence-electron chi connectivity index (χ4n) is 3.95. The van der Waals surface area contributed by atoms with E-state index in [1.807, 2.05) is 6.92 Å². The molecule has 1 atom stereocenters. The molecule has 1 aromatic heterocycles. The lowest BCUT2D eigenvalue weighted by molar-refractivity contribution is -0.178. The Morgan fingerprint density at radius 2 is 1.77 bits per heavy atom. The lowest BCUT2D eigenvalue weighted by atomic mass is 10.0. The molecule has 1 aliphatic rings. The highest BCUT2D eigenvalue weighted by Gasteiger charge is 2.35. The standard InChI is InChI=1S/C27H29F3N6O7S/c1-4-25(37)42-18(3)43-34-33-35-14-19(15-35)16-41-26(38)32-44(39,40)22-11-9-21(10-12-22)36-23(13-24(31-36)27(28,29)30)20-7-5-17(2)6-8-20/h5-13,18-19H,4,14-16H2,1-3H3,(H,32,38). The van der Waals surface area contributed by atoms with E-state index in [4.69, 9.17) is 14.3 Å². The molecule has 2 heterocycles. The van der Waals surface area contributed by atoms with Gasteiger partial charge in [-0.25, -0.2) is 22.6 Å². The number of hydrogen-bond donors (Lipinski definition) is 1. The predicted molar refractivity (Wildman–Crippen MR) is 147 cm³/mol. The lowest BCUT2D eigenvalue weighted by Gasteiger charge is -2.34. The minimum Gasteiger partial charge on any atom is -0.448 e. The molecule has 0 radical (unpaired) electrons. The third kappa shape index (κ3) is 8.24. The highest BCUT2D eigenvalue weighted by Crippen LogP contribution is 2.33. The summed E-state index contributed by atoms with van der Waals surface area (Å²) in [5.74, 6) is -0.591. The van der Waals surface area contributed by atoms with Gasteiger partial charge >= 0.3 is 18.2 Å². The first-order valence-corrected chi connectivity index (χ1v) is 14.8. The second-order valence-electron chi connectivity index (χ2n) is 9.81. The molecule has 236 valence electrons. The van der Waals surface area contributed by atoms with Crippen molar-refractivity contribution in [1.82, 2.24) is 19.5 Å². The summed E-state index contributed by atoms with van der Waals surface area (Å²) < 4.78 is 78.6. The topological polar surface area (TPSA) is 154 Å². The Hall–Kier alpha value is -4.67. The maximum absolute atomic E-state index is 13.5. The highest BCUT2D eigenvalue weighted by atomic mass is 32.2. The molecule has 3 aromatic rings. The Balaban J connectivity index is 1.32. The molecular formula is C27H29F3N6O7S. The van der Waals surface area contributed by atoms with Crippen LogP contribution in [-0.2, 0) is 35.3 Å². The van der Waals surface area contributed by atoms with Crippen molar-refractivity contribution in [2.45, 2.75) is 44.6 Å². The fourth-order valence-corrected chi connectivity index (χ4v) is 4.85. The predicted octanol–water partition coefficient (Wildman–Crippen LogP) is 4.81. The highest BCUT2D eigenvalue weighted by molar-refractivity contribution is 7.90. The molecule has 2 aromatic carbocycles. The van der Waals surface area contributed by atoms with E-state index in [0.29, 0.717) is 18.7 Å². The number of rotatable bonds is 11. The van der Waals surface area contributed by atoms with E-state index in [1.165, 1.54) is 24.1 Å². The van der Waals surface area contributed by atoms with Crippen LogP contribution < -0.4 is 4.72 Å². The van der Waals surface area contributed by atoms with Gasteiger partial charge in [-0.05, 0) is 42.5 Å². The van der Waals surface area contributed by atoms with Crippen LogP contribution in [-0.4, -0.2) is 61.3 Å². The number of esters is 1. The molecule has 1 saturated heterocycles. The van der Waals surface area contributed by atoms with Crippen molar-refractivity contribution in [2.75, 3.05) is 19.7 Å². The average Bonchev–Trinajstić information content (AvgIpc) is 3.40. The van der Waals surface area contributed by atoms with Crippen LogP contribution in [0.3, 0.4) is 0 Å². The van der Waals surface area contributed by atoms with Crippen LogP contribution in [0.25, 0.3) is 16.9 Å². The summed E-state index contributed by atoms with van der Waals surface area (Å²) in [6, 6.07) is 12.6. The van der Waals surface area contributed by atoms with Gasteiger partial charge in [0.1, 0.15) is 0 Å². The molecule has 1 N–H and O–H groups in total. The number of alkyl halides is 3. The molecule has 44 heavy (non-hydrogen) atoms. The maximum Gasteiger partial charge on any atom is 0.435 e. The summed E-state index contributed by atoms with van der Waals surface area (Å²) in [6.07, 6.45) is -6.61. The monoisotopic (exact) mass is 638 g/mol. The van der Waals surface area contributed by atoms with Crippen molar-refractivity contribution >= 4 is 22.1 Å². The first-order chi connectivity index (χ1) is 20.7. The van der Waals surface area contributed by atoms with Crippen molar-refractivity contribution < 1.29 is 45.5 Å². The van der Waals surface area contributed by atoms with E-state index in [-0.39, 0.29) is 35.2 Å². The number of amides is 1. The SMILES string of the molecule is CCC(=O)OC(C)ON=NN1CC(COC(=O)NS(=O)(=O)c2ccc(-n3nc(C(F)(F)F)cc3-c3ccc(C)cc3)cc2)C1. The Bertz CT molecular complexity index is 1600. The fraction of sp³-hybridized carbons (Fsp3) is 0.370. The molecule has 1 amide bonds. The van der Waals surface area contributed by atoms with E-state index < -0.39 is 40.2 Å². The molecule has 1 unspecified atom stereocenters. The summed E-state index contributed by atoms with van der Waals surface area (Å²) in [6.45, 7) is 5.57. The van der Waals surface area contributed by atoms with Gasteiger partial charge in [-0.1, -0.05) is 36.8 Å². The Morgan fingerprint density at radius 1 is 1.11 bits per heavy atom. The number of sulfonamides is 1. The molecule has 0 bridgehead atoms. The Morgan fingerprint density at radius 3 is 2.39 bits per heavy atom. The third-order valence-corrected chi connectivity index (χ3v) is 7.62. The molecule has 1 fully saturated rings. The van der Waals surface area contributed by atoms with Gasteiger partial charge in [-0.2, -0.15) is 18.3 Å². The number of aromatic nitrogens is 2. The molecule has 0 saturated carbocycles. The van der Waals surface area contributed by atoms with Crippen LogP contribution in [0.15, 0.2) is 70.0 Å². The minimum atomic E-state index is -4.70. The zero-order chi connectivity index (χ0) is 32.1. The van der Waals surface area contributed by atoms with Crippen LogP contribution >= 0.6 is 0 Å². The minimum absolute atomic E-state index is 0.0969. The van der Waals surface area contributed by atoms with Crippen molar-refractivity contribution in [3.8, 4) is 16.9 Å². The molecule has 4 rings (SSSR count). The quantitative estimate of drug-likeness (QED) is 0.135. The van der Waals surface area contributed by atoms with E-state index in [0.717, 1.165) is 28.4 Å². The van der Waals surface area contributed by atoms with Gasteiger partial charge in [0.05, 0.1) is 22.9 Å². The average molecular weight is 639 g/mol. The Kier molecular flexibility index (Phi) is 9.76. The molecule has 13 nitrogen and oxygen atoms in total. The summed E-state index contributed by atoms with van der Waals surface area (Å²) >= 11 is 0. The van der Waals surface area contributed by atoms with Crippen molar-refractivity contribution in [2.24, 2.45) is 16.4 Å². The van der Waals surface area contributed by atoms with E-state index in [1.54, 1.807) is 35.9 Å². The van der Waals surface area contributed by atoms with Crippen LogP contribution in [0, 0.1) is 12.8 Å². The zero-order valence-electron chi connectivity index (χ0n) is 23.8. The maximum atomic E-state index is 13.5. The normalized spacial score (nSPS) is 14.6. The Labute approximate surface area is 250 Å². The summed E-state index contributed by atoms with van der Waals surface area (Å²) in [7, 11) is -4.35. The van der Waals surface area contributed by atoms with E-state index in [9.17, 15) is 31.2 Å². The van der Waals surface area contributed by atoms with Gasteiger partial charge in [0, 0.05) is 43.2 Å². The lowest BCUT2D eigenvalue weighted by Crippen LogP contribution is -2.46. The summed E-state index contributed by atoms with van der Waals surface area (Å²) in [5.41, 5.74) is 0.623. The number of carbonyl (C=O) groups is 2. The number of aryl methyl sites for hydroxylation is 1. The number of hydrogen-bond acceptors (Lipinski definition) is 10. The van der Waals surface area contributed by atoms with E-state index in [2.05, 4.69) is 15.6 Å². The van der Waals surface area contributed by atoms with Gasteiger partial charge in [-0.3, -0.25) is 9.80 Å². The zero-order valence-corrected chi connectivity index (χ0v) is 24.6. The number of carbonyl (C=O) groups excluding carboxylic acids is 2. The summed E-state index contributed by atoms with van der Waals surface area (Å²) in [4.78, 5) is 27.9. The molecule has 1 aliphatic heterocycles. The number of benzene rings is 2. The van der Waals surface area contributed by atoms with Crippen molar-refractivity contribution in [1.29, 1.82) is 0 Å². The second-order valence-corrected chi connectivity index (χ2v) is 11.5. The van der Waals surface area contributed by atoms with Crippen LogP contribution in [0.5, 0.6) is 0 Å². The van der Waals surface area contributed by atoms with Crippen LogP contribution in [0.4, 0.5) is 18.0 Å². The van der Waals surface area contributed by atoms with Crippen LogP contribution in [0.1, 0.15) is 31.5 Å². The van der Waals surface area contributed by atoms with Crippen molar-refractivity contribution in [3.05, 3.63) is 65.9 Å². The number of nitrogens with zero attached hydrogens (tertiary/aromatic N) is 5. The molecule has 17 heteroatoms. The van der Waals surface area contributed by atoms with Crippen LogP contribution in [0.2, 0.25) is 0 Å². The van der Waals surface area contributed by atoms with Crippen molar-refractivity contribution in [3.63, 3.8) is 0 Å². The largest absolute Gasteiger partial charge is 0.448 e. The molecule has 0 aliphatic carbocycles. The smallest absolute Gasteiger partial charge is 0.435 e. The first-order valence-electron chi connectivity index (χ1n) is 13.3. The number of ether oxygens (including phenoxy) is 2. The third-order valence-electron chi connectivity index (χ3n) is 6.29. The number of halogens is 3. The molecule has 0 spiro atoms. The number of nitrogens with one attached hydrogen (secondary N) is 1. The van der Waals surface area contributed by atoms with Gasteiger partial charge in [0.15, 0.2) is 5.69 Å².